The molecule has 4 rings (SSSR count). The van der Waals surface area contributed by atoms with Crippen LogP contribution < -0.4 is 0 Å². The highest BCUT2D eigenvalue weighted by molar-refractivity contribution is 5.89. The van der Waals surface area contributed by atoms with E-state index in [9.17, 15) is 9.90 Å². The van der Waals surface area contributed by atoms with Crippen molar-refractivity contribution in [2.75, 3.05) is 7.05 Å². The Balaban J connectivity index is 1.75. The molecule has 3 nitrogen and oxygen atoms in total. The molecular weight excluding hydrogens is 274 g/mol. The number of carbonyl (C=O) groups is 1. The summed E-state index contributed by atoms with van der Waals surface area (Å²) in [6.07, 6.45) is 10.9. The second-order valence-corrected chi connectivity index (χ2v) is 8.84. The molecule has 3 aliphatic carbocycles. The monoisotopic (exact) mass is 303 g/mol. The molecule has 0 aromatic rings. The van der Waals surface area contributed by atoms with Crippen LogP contribution in [0.15, 0.2) is 12.2 Å². The highest BCUT2D eigenvalue weighted by Crippen LogP contribution is 2.63. The zero-order valence-corrected chi connectivity index (χ0v) is 14.1. The molecule has 0 spiro atoms. The average molecular weight is 303 g/mol. The third kappa shape index (κ3) is 1.75. The van der Waals surface area contributed by atoms with Gasteiger partial charge in [-0.3, -0.25) is 4.79 Å². The van der Waals surface area contributed by atoms with Crippen LogP contribution in [0.5, 0.6) is 0 Å². The van der Waals surface area contributed by atoms with Gasteiger partial charge in [0.25, 0.3) is 0 Å². The number of aliphatic hydroxyl groups is 1. The summed E-state index contributed by atoms with van der Waals surface area (Å²) in [5, 5.41) is 11.0. The number of nitrogens with zero attached hydrogens (tertiary/aromatic N) is 1. The third-order valence-electron chi connectivity index (χ3n) is 7.94. The third-order valence-corrected chi connectivity index (χ3v) is 7.94. The largest absolute Gasteiger partial charge is 0.393 e. The molecule has 0 radical (unpaired) electrons. The Bertz CT molecular complexity index is 530. The van der Waals surface area contributed by atoms with E-state index in [1.54, 1.807) is 6.08 Å². The molecular formula is C19H29NO2. The first-order valence-corrected chi connectivity index (χ1v) is 9.01. The maximum absolute atomic E-state index is 12.0. The summed E-state index contributed by atoms with van der Waals surface area (Å²) in [6.45, 7) is 4.78. The van der Waals surface area contributed by atoms with E-state index in [4.69, 9.17) is 0 Å². The fraction of sp³-hybridized carbons (Fsp3) is 0.842. The van der Waals surface area contributed by atoms with Crippen LogP contribution in [0.1, 0.15) is 52.4 Å². The van der Waals surface area contributed by atoms with Crippen molar-refractivity contribution in [1.82, 2.24) is 4.90 Å². The van der Waals surface area contributed by atoms with Crippen LogP contribution in [0.3, 0.4) is 0 Å². The van der Waals surface area contributed by atoms with Crippen molar-refractivity contribution in [3.63, 3.8) is 0 Å². The maximum atomic E-state index is 12.0. The molecule has 1 amide bonds. The summed E-state index contributed by atoms with van der Waals surface area (Å²) >= 11 is 0. The molecule has 7 atom stereocenters. The number of likely N-dealkylation sites (N-methyl/N-ethyl adjacent to an activating group) is 1. The molecule has 0 aromatic carbocycles. The Morgan fingerprint density at radius 2 is 2.00 bits per heavy atom. The minimum atomic E-state index is -0.243. The fourth-order valence-corrected chi connectivity index (χ4v) is 6.67. The van der Waals surface area contributed by atoms with Gasteiger partial charge in [-0.2, -0.15) is 0 Å². The number of amides is 1. The fourth-order valence-electron chi connectivity index (χ4n) is 6.67. The summed E-state index contributed by atoms with van der Waals surface area (Å²) in [7, 11) is 1.91. The van der Waals surface area contributed by atoms with Crippen LogP contribution >= 0.6 is 0 Å². The van der Waals surface area contributed by atoms with Crippen LogP contribution in [0, 0.1) is 28.6 Å². The molecule has 22 heavy (non-hydrogen) atoms. The minimum Gasteiger partial charge on any atom is -0.393 e. The lowest BCUT2D eigenvalue weighted by atomic mass is 9.48. The van der Waals surface area contributed by atoms with Crippen molar-refractivity contribution in [3.8, 4) is 0 Å². The first-order valence-electron chi connectivity index (χ1n) is 9.01. The second kappa shape index (κ2) is 4.59. The normalized spacial score (nSPS) is 53.9. The molecule has 1 N–H and O–H groups in total. The van der Waals surface area contributed by atoms with Crippen LogP contribution in [-0.2, 0) is 4.79 Å². The molecule has 0 bridgehead atoms. The van der Waals surface area contributed by atoms with Gasteiger partial charge in [-0.25, -0.2) is 0 Å². The molecule has 0 aromatic heterocycles. The predicted octanol–water partition coefficient (Wildman–Crippen LogP) is 2.99. The molecule has 3 heteroatoms. The molecule has 3 fully saturated rings. The standard InChI is InChI=1S/C19H29NO2/c1-18-8-4-5-12(18)17-13(6-9-18)19(2)10-7-16(22)20(3)15(19)11-14(17)21/h7,10,12-15,17,21H,4-6,8-9,11H2,1-3H3/t12-,13-,14-,15+,17-,18-,19+/m0/s1. The van der Waals surface area contributed by atoms with Gasteiger partial charge in [0.15, 0.2) is 0 Å². The molecule has 0 unspecified atom stereocenters. The molecule has 1 aliphatic heterocycles. The maximum Gasteiger partial charge on any atom is 0.246 e. The molecule has 122 valence electrons. The van der Waals surface area contributed by atoms with E-state index in [1.807, 2.05) is 11.9 Å². The SMILES string of the molecule is CN1C(=O)C=C[C@]2(C)[C@H]3CC[C@]4(C)CCC[C@H]4[C@@H]3[C@@H](O)C[C@@H]12. The predicted molar refractivity (Wildman–Crippen MR) is 86.1 cm³/mol. The highest BCUT2D eigenvalue weighted by Gasteiger charge is 2.60. The van der Waals surface area contributed by atoms with Gasteiger partial charge in [0.2, 0.25) is 5.91 Å². The van der Waals surface area contributed by atoms with E-state index in [-0.39, 0.29) is 23.5 Å². The average Bonchev–Trinajstić information content (AvgIpc) is 2.87. The lowest BCUT2D eigenvalue weighted by Gasteiger charge is -2.61. The Morgan fingerprint density at radius 1 is 1.23 bits per heavy atom. The Hall–Kier alpha value is -0.830. The smallest absolute Gasteiger partial charge is 0.246 e. The van der Waals surface area contributed by atoms with E-state index in [0.29, 0.717) is 23.2 Å². The summed E-state index contributed by atoms with van der Waals surface area (Å²) in [5.41, 5.74) is 0.488. The number of aliphatic hydroxyl groups excluding tert-OH is 1. The number of hydrogen-bond donors (Lipinski definition) is 1. The van der Waals surface area contributed by atoms with E-state index >= 15 is 0 Å². The zero-order chi connectivity index (χ0) is 15.7. The quantitative estimate of drug-likeness (QED) is 0.747. The molecule has 4 aliphatic rings. The Morgan fingerprint density at radius 3 is 2.77 bits per heavy atom. The van der Waals surface area contributed by atoms with Gasteiger partial charge < -0.3 is 10.0 Å². The number of hydrogen-bond acceptors (Lipinski definition) is 2. The Kier molecular flexibility index (Phi) is 3.08. The van der Waals surface area contributed by atoms with Crippen molar-refractivity contribution in [2.24, 2.45) is 28.6 Å². The van der Waals surface area contributed by atoms with Gasteiger partial charge in [0.05, 0.1) is 6.10 Å². The van der Waals surface area contributed by atoms with E-state index in [0.717, 1.165) is 6.42 Å². The number of rotatable bonds is 0. The molecule has 3 saturated carbocycles. The van der Waals surface area contributed by atoms with Crippen molar-refractivity contribution < 1.29 is 9.90 Å². The Labute approximate surface area is 133 Å². The van der Waals surface area contributed by atoms with Crippen LogP contribution in [0.2, 0.25) is 0 Å². The lowest BCUT2D eigenvalue weighted by molar-refractivity contribution is -0.154. The highest BCUT2D eigenvalue weighted by atomic mass is 16.3. The first-order chi connectivity index (χ1) is 10.4. The van der Waals surface area contributed by atoms with Crippen LogP contribution in [-0.4, -0.2) is 35.1 Å². The van der Waals surface area contributed by atoms with Gasteiger partial charge in [-0.05, 0) is 61.3 Å². The lowest BCUT2D eigenvalue weighted by Crippen LogP contribution is -2.63. The molecule has 0 saturated heterocycles. The van der Waals surface area contributed by atoms with Crippen molar-refractivity contribution in [1.29, 1.82) is 0 Å². The zero-order valence-electron chi connectivity index (χ0n) is 14.1. The number of fused-ring (bicyclic) bond motifs is 5. The van der Waals surface area contributed by atoms with Gasteiger partial charge in [-0.1, -0.05) is 26.3 Å². The van der Waals surface area contributed by atoms with Crippen LogP contribution in [0.4, 0.5) is 0 Å². The summed E-state index contributed by atoms with van der Waals surface area (Å²) in [5.74, 6) is 1.71. The van der Waals surface area contributed by atoms with Gasteiger partial charge in [0.1, 0.15) is 0 Å². The van der Waals surface area contributed by atoms with E-state index in [2.05, 4.69) is 19.9 Å². The van der Waals surface area contributed by atoms with Crippen LogP contribution in [0.25, 0.3) is 0 Å². The van der Waals surface area contributed by atoms with Gasteiger partial charge >= 0.3 is 0 Å². The van der Waals surface area contributed by atoms with Gasteiger partial charge in [-0.15, -0.1) is 0 Å². The van der Waals surface area contributed by atoms with Crippen molar-refractivity contribution >= 4 is 5.91 Å². The minimum absolute atomic E-state index is 0.0382. The van der Waals surface area contributed by atoms with E-state index in [1.165, 1.54) is 32.1 Å². The van der Waals surface area contributed by atoms with Crippen molar-refractivity contribution in [2.45, 2.75) is 64.5 Å². The van der Waals surface area contributed by atoms with E-state index < -0.39 is 0 Å². The number of carbonyl (C=O) groups excluding carboxylic acids is 1. The molecule has 1 heterocycles. The first kappa shape index (κ1) is 14.7. The topological polar surface area (TPSA) is 40.5 Å². The van der Waals surface area contributed by atoms with Crippen molar-refractivity contribution in [3.05, 3.63) is 12.2 Å². The summed E-state index contributed by atoms with van der Waals surface area (Å²) < 4.78 is 0. The van der Waals surface area contributed by atoms with Gasteiger partial charge in [0, 0.05) is 18.5 Å². The second-order valence-electron chi connectivity index (χ2n) is 8.84. The summed E-state index contributed by atoms with van der Waals surface area (Å²) in [4.78, 5) is 13.9. The summed E-state index contributed by atoms with van der Waals surface area (Å²) in [6, 6.07) is 0.159.